The molecule has 0 bridgehead atoms. The number of hydrogen-bond acceptors (Lipinski definition) is 7. The fourth-order valence-corrected chi connectivity index (χ4v) is 3.05. The zero-order valence-electron chi connectivity index (χ0n) is 11.2. The molecule has 7 nitrogen and oxygen atoms in total. The summed E-state index contributed by atoms with van der Waals surface area (Å²) < 4.78 is 5.29. The second-order valence-electron chi connectivity index (χ2n) is 5.02. The number of nitrogen functional groups attached to an aromatic ring is 1. The first kappa shape index (κ1) is 12.4. The van der Waals surface area contributed by atoms with E-state index in [1.807, 2.05) is 6.92 Å². The summed E-state index contributed by atoms with van der Waals surface area (Å²) in [7, 11) is 0. The fraction of sp³-hybridized carbons (Fsp3) is 0.750. The Balaban J connectivity index is 1.72. The van der Waals surface area contributed by atoms with Crippen LogP contribution in [0.4, 0.5) is 11.9 Å². The molecule has 3 N–H and O–H groups in total. The number of nitrogens with two attached hydrogens (primary N) is 1. The lowest BCUT2D eigenvalue weighted by Gasteiger charge is -2.21. The summed E-state index contributed by atoms with van der Waals surface area (Å²) in [6, 6.07) is 1.30. The van der Waals surface area contributed by atoms with Crippen molar-refractivity contribution in [2.24, 2.45) is 0 Å². The van der Waals surface area contributed by atoms with Crippen LogP contribution >= 0.6 is 0 Å². The van der Waals surface area contributed by atoms with Crippen molar-refractivity contribution in [1.29, 1.82) is 0 Å². The van der Waals surface area contributed by atoms with Gasteiger partial charge in [0.2, 0.25) is 11.9 Å². The maximum atomic E-state index is 5.68. The van der Waals surface area contributed by atoms with Gasteiger partial charge in [0.1, 0.15) is 0 Å². The first-order valence-electron chi connectivity index (χ1n) is 6.91. The molecule has 7 heteroatoms. The summed E-state index contributed by atoms with van der Waals surface area (Å²) in [6.07, 6.45) is 3.66. The van der Waals surface area contributed by atoms with Gasteiger partial charge >= 0.3 is 6.01 Å². The van der Waals surface area contributed by atoms with Gasteiger partial charge in [-0.1, -0.05) is 0 Å². The quantitative estimate of drug-likeness (QED) is 0.818. The van der Waals surface area contributed by atoms with E-state index >= 15 is 0 Å². The Morgan fingerprint density at radius 1 is 1.32 bits per heavy atom. The third kappa shape index (κ3) is 2.56. The lowest BCUT2D eigenvalue weighted by molar-refractivity contribution is 0.311. The van der Waals surface area contributed by atoms with Gasteiger partial charge in [0.15, 0.2) is 0 Å². The van der Waals surface area contributed by atoms with Crippen molar-refractivity contribution >= 4 is 11.9 Å². The van der Waals surface area contributed by atoms with E-state index in [0.717, 1.165) is 13.0 Å². The van der Waals surface area contributed by atoms with Crippen LogP contribution in [-0.2, 0) is 0 Å². The van der Waals surface area contributed by atoms with Crippen LogP contribution in [0.25, 0.3) is 0 Å². The van der Waals surface area contributed by atoms with Gasteiger partial charge in [0.05, 0.1) is 6.61 Å². The molecule has 0 aliphatic carbocycles. The number of anilines is 2. The highest BCUT2D eigenvalue weighted by atomic mass is 16.5. The molecule has 2 fully saturated rings. The van der Waals surface area contributed by atoms with Gasteiger partial charge in [0.25, 0.3) is 0 Å². The SMILES string of the molecule is CCOc1nc(N)nc(NC2CCN3CCCC23)n1. The van der Waals surface area contributed by atoms with E-state index < -0.39 is 0 Å². The number of hydrogen-bond donors (Lipinski definition) is 2. The molecule has 0 radical (unpaired) electrons. The lowest BCUT2D eigenvalue weighted by Crippen LogP contribution is -2.34. The second kappa shape index (κ2) is 5.16. The highest BCUT2D eigenvalue weighted by molar-refractivity contribution is 5.34. The summed E-state index contributed by atoms with van der Waals surface area (Å²) in [5, 5.41) is 3.39. The van der Waals surface area contributed by atoms with Gasteiger partial charge in [-0.3, -0.25) is 4.90 Å². The number of aromatic nitrogens is 3. The molecule has 2 unspecified atom stereocenters. The van der Waals surface area contributed by atoms with Crippen LogP contribution in [0.1, 0.15) is 26.2 Å². The number of rotatable bonds is 4. The Labute approximate surface area is 112 Å². The molecule has 0 saturated carbocycles. The predicted octanol–water partition coefficient (Wildman–Crippen LogP) is 0.501. The molecular weight excluding hydrogens is 244 g/mol. The van der Waals surface area contributed by atoms with Crippen molar-refractivity contribution in [3.8, 4) is 6.01 Å². The van der Waals surface area contributed by atoms with E-state index in [1.54, 1.807) is 0 Å². The van der Waals surface area contributed by atoms with Crippen LogP contribution in [0, 0.1) is 0 Å². The predicted molar refractivity (Wildman–Crippen MR) is 72.0 cm³/mol. The summed E-state index contributed by atoms with van der Waals surface area (Å²) in [6.45, 7) is 4.77. The zero-order valence-corrected chi connectivity index (χ0v) is 11.2. The molecule has 2 saturated heterocycles. The molecule has 104 valence electrons. The van der Waals surface area contributed by atoms with E-state index in [9.17, 15) is 0 Å². The monoisotopic (exact) mass is 264 g/mol. The lowest BCUT2D eigenvalue weighted by atomic mass is 10.1. The van der Waals surface area contributed by atoms with Crippen LogP contribution in [0.5, 0.6) is 6.01 Å². The molecule has 0 aromatic carbocycles. The summed E-state index contributed by atoms with van der Waals surface area (Å²) >= 11 is 0. The van der Waals surface area contributed by atoms with E-state index in [2.05, 4.69) is 25.2 Å². The largest absolute Gasteiger partial charge is 0.464 e. The topological polar surface area (TPSA) is 89.2 Å². The molecule has 3 rings (SSSR count). The molecule has 2 atom stereocenters. The number of ether oxygens (including phenoxy) is 1. The average Bonchev–Trinajstić information content (AvgIpc) is 2.94. The first-order chi connectivity index (χ1) is 9.26. The molecule has 19 heavy (non-hydrogen) atoms. The van der Waals surface area contributed by atoms with E-state index in [4.69, 9.17) is 10.5 Å². The fourth-order valence-electron chi connectivity index (χ4n) is 3.05. The molecule has 2 aliphatic heterocycles. The molecule has 2 aliphatic rings. The minimum absolute atomic E-state index is 0.197. The van der Waals surface area contributed by atoms with Gasteiger partial charge in [-0.05, 0) is 32.7 Å². The van der Waals surface area contributed by atoms with E-state index in [0.29, 0.717) is 30.6 Å². The first-order valence-corrected chi connectivity index (χ1v) is 6.91. The maximum absolute atomic E-state index is 5.68. The van der Waals surface area contributed by atoms with E-state index in [1.165, 1.54) is 19.4 Å². The highest BCUT2D eigenvalue weighted by Gasteiger charge is 2.37. The highest BCUT2D eigenvalue weighted by Crippen LogP contribution is 2.29. The second-order valence-corrected chi connectivity index (χ2v) is 5.02. The number of nitrogens with one attached hydrogen (secondary N) is 1. The van der Waals surface area contributed by atoms with Crippen LogP contribution in [-0.4, -0.2) is 51.6 Å². The van der Waals surface area contributed by atoms with Crippen molar-refractivity contribution in [3.05, 3.63) is 0 Å². The van der Waals surface area contributed by atoms with Crippen LogP contribution in [0.2, 0.25) is 0 Å². The molecule has 3 heterocycles. The van der Waals surface area contributed by atoms with Crippen LogP contribution in [0.3, 0.4) is 0 Å². The molecule has 1 aromatic rings. The Morgan fingerprint density at radius 2 is 2.21 bits per heavy atom. The Kier molecular flexibility index (Phi) is 3.37. The van der Waals surface area contributed by atoms with Gasteiger partial charge in [-0.25, -0.2) is 0 Å². The van der Waals surface area contributed by atoms with Crippen molar-refractivity contribution < 1.29 is 4.74 Å². The minimum atomic E-state index is 0.197. The van der Waals surface area contributed by atoms with E-state index in [-0.39, 0.29) is 5.95 Å². The molecule has 0 spiro atoms. The van der Waals surface area contributed by atoms with Crippen molar-refractivity contribution in [1.82, 2.24) is 19.9 Å². The average molecular weight is 264 g/mol. The van der Waals surface area contributed by atoms with Crippen LogP contribution in [0.15, 0.2) is 0 Å². The van der Waals surface area contributed by atoms with Crippen molar-refractivity contribution in [3.63, 3.8) is 0 Å². The summed E-state index contributed by atoms with van der Waals surface area (Å²) in [4.78, 5) is 14.9. The number of fused-ring (bicyclic) bond motifs is 1. The Hall–Kier alpha value is -1.63. The number of nitrogens with zero attached hydrogens (tertiary/aromatic N) is 4. The standard InChI is InChI=1S/C12H20N6O/c1-2-19-12-16-10(13)15-11(17-12)14-8-5-7-18-6-3-4-9(8)18/h8-9H,2-7H2,1H3,(H3,13,14,15,16,17). The Bertz CT molecular complexity index is 454. The molecule has 1 aromatic heterocycles. The third-order valence-corrected chi connectivity index (χ3v) is 3.83. The van der Waals surface area contributed by atoms with Gasteiger partial charge in [-0.15, -0.1) is 0 Å². The van der Waals surface area contributed by atoms with Gasteiger partial charge in [0, 0.05) is 18.6 Å². The third-order valence-electron chi connectivity index (χ3n) is 3.83. The normalized spacial score (nSPS) is 26.4. The summed E-state index contributed by atoms with van der Waals surface area (Å²) in [5.41, 5.74) is 5.68. The molecular formula is C12H20N6O. The molecule has 0 amide bonds. The van der Waals surface area contributed by atoms with Crippen LogP contribution < -0.4 is 15.8 Å². The summed E-state index contributed by atoms with van der Waals surface area (Å²) in [5.74, 6) is 0.719. The maximum Gasteiger partial charge on any atom is 0.323 e. The zero-order chi connectivity index (χ0) is 13.2. The Morgan fingerprint density at radius 3 is 3.05 bits per heavy atom. The van der Waals surface area contributed by atoms with Gasteiger partial charge in [-0.2, -0.15) is 15.0 Å². The van der Waals surface area contributed by atoms with Gasteiger partial charge < -0.3 is 15.8 Å². The smallest absolute Gasteiger partial charge is 0.323 e. The van der Waals surface area contributed by atoms with Crippen molar-refractivity contribution in [2.75, 3.05) is 30.7 Å². The van der Waals surface area contributed by atoms with Crippen molar-refractivity contribution in [2.45, 2.75) is 38.3 Å². The minimum Gasteiger partial charge on any atom is -0.464 e.